The van der Waals surface area contributed by atoms with E-state index in [0.29, 0.717) is 0 Å². The standard InChI is InChI=1S/C12H13NS/c1-8-3-4-10-7-11(14-13)6-9(2)12(10)5-8/h3-7H,13H2,1-2H3. The molecule has 0 aliphatic rings. The Labute approximate surface area is 88.4 Å². The molecule has 0 aliphatic carbocycles. The SMILES string of the molecule is Cc1ccc2cc(SN)cc(C)c2c1. The van der Waals surface area contributed by atoms with Crippen LogP contribution in [0.2, 0.25) is 0 Å². The lowest BCUT2D eigenvalue weighted by molar-refractivity contribution is 1.39. The summed E-state index contributed by atoms with van der Waals surface area (Å²) < 4.78 is 0. The molecule has 0 saturated heterocycles. The molecule has 2 N–H and O–H groups in total. The predicted molar refractivity (Wildman–Crippen MR) is 63.5 cm³/mol. The normalized spacial score (nSPS) is 10.8. The molecule has 0 saturated carbocycles. The summed E-state index contributed by atoms with van der Waals surface area (Å²) in [5, 5.41) is 8.15. The third kappa shape index (κ3) is 1.63. The summed E-state index contributed by atoms with van der Waals surface area (Å²) in [6.07, 6.45) is 0. The van der Waals surface area contributed by atoms with Crippen molar-refractivity contribution >= 4 is 22.7 Å². The second kappa shape index (κ2) is 3.64. The van der Waals surface area contributed by atoms with E-state index in [0.717, 1.165) is 4.90 Å². The first kappa shape index (κ1) is 9.56. The Morgan fingerprint density at radius 2 is 1.86 bits per heavy atom. The van der Waals surface area contributed by atoms with Crippen molar-refractivity contribution < 1.29 is 0 Å². The molecule has 0 fully saturated rings. The topological polar surface area (TPSA) is 26.0 Å². The molecule has 2 heteroatoms. The number of fused-ring (bicyclic) bond motifs is 1. The average Bonchev–Trinajstić information content (AvgIpc) is 2.19. The van der Waals surface area contributed by atoms with E-state index in [1.165, 1.54) is 33.8 Å². The largest absolute Gasteiger partial charge is 0.274 e. The molecule has 2 aromatic carbocycles. The molecule has 0 radical (unpaired) electrons. The van der Waals surface area contributed by atoms with Gasteiger partial charge in [0.05, 0.1) is 0 Å². The van der Waals surface area contributed by atoms with Crippen LogP contribution in [0, 0.1) is 13.8 Å². The van der Waals surface area contributed by atoms with E-state index >= 15 is 0 Å². The minimum absolute atomic E-state index is 1.12. The molecule has 0 unspecified atom stereocenters. The molecule has 2 aromatic rings. The molecular weight excluding hydrogens is 190 g/mol. The number of nitrogens with two attached hydrogens (primary N) is 1. The Morgan fingerprint density at radius 3 is 2.57 bits per heavy atom. The number of hydrogen-bond donors (Lipinski definition) is 1. The molecule has 0 atom stereocenters. The fourth-order valence-electron chi connectivity index (χ4n) is 1.69. The fourth-order valence-corrected chi connectivity index (χ4v) is 2.13. The quantitative estimate of drug-likeness (QED) is 0.719. The monoisotopic (exact) mass is 203 g/mol. The summed E-state index contributed by atoms with van der Waals surface area (Å²) in [5.41, 5.74) is 2.59. The summed E-state index contributed by atoms with van der Waals surface area (Å²) >= 11 is 1.30. The van der Waals surface area contributed by atoms with Gasteiger partial charge in [0.1, 0.15) is 0 Å². The van der Waals surface area contributed by atoms with Gasteiger partial charge in [0, 0.05) is 4.90 Å². The summed E-state index contributed by atoms with van der Waals surface area (Å²) in [5.74, 6) is 0. The molecule has 0 heterocycles. The first-order valence-corrected chi connectivity index (χ1v) is 5.46. The molecule has 14 heavy (non-hydrogen) atoms. The summed E-state index contributed by atoms with van der Waals surface area (Å²) in [6, 6.07) is 10.8. The second-order valence-electron chi connectivity index (χ2n) is 3.58. The van der Waals surface area contributed by atoms with Crippen molar-refractivity contribution in [2.45, 2.75) is 18.7 Å². The minimum atomic E-state index is 1.12. The number of benzene rings is 2. The average molecular weight is 203 g/mol. The molecule has 0 spiro atoms. The van der Waals surface area contributed by atoms with Crippen molar-refractivity contribution in [3.8, 4) is 0 Å². The van der Waals surface area contributed by atoms with Gasteiger partial charge in [-0.2, -0.15) is 0 Å². The third-order valence-electron chi connectivity index (χ3n) is 2.43. The van der Waals surface area contributed by atoms with E-state index in [1.54, 1.807) is 0 Å². The van der Waals surface area contributed by atoms with Crippen LogP contribution in [0.3, 0.4) is 0 Å². The van der Waals surface area contributed by atoms with Gasteiger partial charge in [-0.15, -0.1) is 0 Å². The van der Waals surface area contributed by atoms with Crippen LogP contribution >= 0.6 is 11.9 Å². The Bertz CT molecular complexity index is 477. The van der Waals surface area contributed by atoms with Crippen molar-refractivity contribution in [3.05, 3.63) is 41.5 Å². The molecule has 0 amide bonds. The summed E-state index contributed by atoms with van der Waals surface area (Å²) in [7, 11) is 0. The van der Waals surface area contributed by atoms with Crippen LogP contribution in [-0.2, 0) is 0 Å². The van der Waals surface area contributed by atoms with Crippen LogP contribution in [0.4, 0.5) is 0 Å². The van der Waals surface area contributed by atoms with E-state index in [2.05, 4.69) is 44.2 Å². The van der Waals surface area contributed by atoms with Gasteiger partial charge in [0.25, 0.3) is 0 Å². The lowest BCUT2D eigenvalue weighted by atomic mass is 10.0. The predicted octanol–water partition coefficient (Wildman–Crippen LogP) is 3.42. The number of hydrogen-bond acceptors (Lipinski definition) is 2. The van der Waals surface area contributed by atoms with Crippen LogP contribution in [0.15, 0.2) is 35.2 Å². The zero-order valence-electron chi connectivity index (χ0n) is 8.37. The van der Waals surface area contributed by atoms with Gasteiger partial charge >= 0.3 is 0 Å². The fraction of sp³-hybridized carbons (Fsp3) is 0.167. The summed E-state index contributed by atoms with van der Waals surface area (Å²) in [4.78, 5) is 1.12. The van der Waals surface area contributed by atoms with E-state index in [1.807, 2.05) is 0 Å². The van der Waals surface area contributed by atoms with Gasteiger partial charge in [0.15, 0.2) is 0 Å². The smallest absolute Gasteiger partial charge is 0.0234 e. The molecule has 72 valence electrons. The lowest BCUT2D eigenvalue weighted by Crippen LogP contribution is -1.85. The van der Waals surface area contributed by atoms with Crippen molar-refractivity contribution in [2.75, 3.05) is 0 Å². The van der Waals surface area contributed by atoms with Gasteiger partial charge in [-0.25, -0.2) is 0 Å². The van der Waals surface area contributed by atoms with Gasteiger partial charge in [-0.3, -0.25) is 5.14 Å². The number of aryl methyl sites for hydroxylation is 2. The molecular formula is C12H13NS. The molecule has 0 bridgehead atoms. The summed E-state index contributed by atoms with van der Waals surface area (Å²) in [6.45, 7) is 4.24. The van der Waals surface area contributed by atoms with Gasteiger partial charge in [-0.1, -0.05) is 23.8 Å². The highest BCUT2D eigenvalue weighted by atomic mass is 32.2. The first-order valence-electron chi connectivity index (χ1n) is 4.58. The van der Waals surface area contributed by atoms with E-state index in [9.17, 15) is 0 Å². The van der Waals surface area contributed by atoms with Crippen LogP contribution in [0.25, 0.3) is 10.8 Å². The maximum absolute atomic E-state index is 5.56. The molecule has 0 aromatic heterocycles. The van der Waals surface area contributed by atoms with Crippen LogP contribution in [0.5, 0.6) is 0 Å². The van der Waals surface area contributed by atoms with E-state index in [4.69, 9.17) is 5.14 Å². The Kier molecular flexibility index (Phi) is 2.48. The van der Waals surface area contributed by atoms with E-state index in [-0.39, 0.29) is 0 Å². The Balaban J connectivity index is 2.76. The van der Waals surface area contributed by atoms with Crippen molar-refractivity contribution in [2.24, 2.45) is 5.14 Å². The van der Waals surface area contributed by atoms with Gasteiger partial charge in [0.2, 0.25) is 0 Å². The number of rotatable bonds is 1. The molecule has 1 nitrogen and oxygen atoms in total. The minimum Gasteiger partial charge on any atom is -0.274 e. The highest BCUT2D eigenvalue weighted by Crippen LogP contribution is 2.25. The maximum Gasteiger partial charge on any atom is 0.0234 e. The van der Waals surface area contributed by atoms with Crippen LogP contribution in [0.1, 0.15) is 11.1 Å². The van der Waals surface area contributed by atoms with Crippen molar-refractivity contribution in [1.29, 1.82) is 0 Å². The zero-order valence-corrected chi connectivity index (χ0v) is 9.19. The maximum atomic E-state index is 5.56. The lowest BCUT2D eigenvalue weighted by Gasteiger charge is -2.05. The molecule has 2 rings (SSSR count). The first-order chi connectivity index (χ1) is 6.70. The highest BCUT2D eigenvalue weighted by molar-refractivity contribution is 7.97. The van der Waals surface area contributed by atoms with Crippen molar-refractivity contribution in [1.82, 2.24) is 0 Å². The molecule has 0 aliphatic heterocycles. The van der Waals surface area contributed by atoms with E-state index < -0.39 is 0 Å². The highest BCUT2D eigenvalue weighted by Gasteiger charge is 2.00. The van der Waals surface area contributed by atoms with Crippen LogP contribution < -0.4 is 5.14 Å². The van der Waals surface area contributed by atoms with Gasteiger partial charge in [-0.05, 0) is 54.3 Å². The van der Waals surface area contributed by atoms with Crippen LogP contribution in [-0.4, -0.2) is 0 Å². The Hall–Kier alpha value is -0.990. The Morgan fingerprint density at radius 1 is 1.07 bits per heavy atom. The zero-order chi connectivity index (χ0) is 10.1. The second-order valence-corrected chi connectivity index (χ2v) is 4.29. The van der Waals surface area contributed by atoms with Crippen molar-refractivity contribution in [3.63, 3.8) is 0 Å². The third-order valence-corrected chi connectivity index (χ3v) is 2.93. The van der Waals surface area contributed by atoms with Gasteiger partial charge < -0.3 is 0 Å².